The molecule has 0 saturated carbocycles. The van der Waals surface area contributed by atoms with E-state index in [1.54, 1.807) is 13.2 Å². The van der Waals surface area contributed by atoms with Crippen LogP contribution in [0.25, 0.3) is 21.8 Å². The van der Waals surface area contributed by atoms with Gasteiger partial charge in [-0.05, 0) is 51.9 Å². The first-order chi connectivity index (χ1) is 13.0. The Balaban J connectivity index is 2.16. The lowest BCUT2D eigenvalue weighted by atomic mass is 10.1. The molecule has 0 saturated heterocycles. The molecular weight excluding hydrogens is 341 g/mol. The lowest BCUT2D eigenvalue weighted by Gasteiger charge is -2.29. The van der Waals surface area contributed by atoms with E-state index < -0.39 is 5.95 Å². The van der Waals surface area contributed by atoms with Crippen molar-refractivity contribution in [3.8, 4) is 5.75 Å². The normalized spacial score (nSPS) is 13.0. The molecule has 3 aromatic rings. The maximum Gasteiger partial charge on any atom is 0.213 e. The van der Waals surface area contributed by atoms with E-state index in [2.05, 4.69) is 35.2 Å². The summed E-state index contributed by atoms with van der Waals surface area (Å²) in [7, 11) is 1.67. The van der Waals surface area contributed by atoms with Gasteiger partial charge < -0.3 is 9.30 Å². The zero-order chi connectivity index (χ0) is 19.6. The van der Waals surface area contributed by atoms with Gasteiger partial charge in [0.25, 0.3) is 0 Å². The third-order valence-electron chi connectivity index (χ3n) is 5.28. The molecule has 0 radical (unpaired) electrons. The molecule has 1 atom stereocenters. The Morgan fingerprint density at radius 2 is 1.85 bits per heavy atom. The average molecular weight is 372 g/mol. The van der Waals surface area contributed by atoms with Gasteiger partial charge in [-0.25, -0.2) is 4.98 Å². The number of halogens is 1. The number of nitrogens with zero attached hydrogens (tertiary/aromatic N) is 3. The molecule has 2 aromatic heterocycles. The van der Waals surface area contributed by atoms with Crippen LogP contribution in [0.15, 0.2) is 24.3 Å². The Morgan fingerprint density at radius 1 is 1.15 bits per heavy atom. The van der Waals surface area contributed by atoms with E-state index in [0.29, 0.717) is 6.04 Å². The molecule has 3 rings (SSSR count). The van der Waals surface area contributed by atoms with Gasteiger partial charge in [-0.2, -0.15) is 4.39 Å². The number of hydrogen-bond donors (Lipinski definition) is 0. The molecule has 2 heterocycles. The first-order valence-electron chi connectivity index (χ1n) is 9.87. The summed E-state index contributed by atoms with van der Waals surface area (Å²) < 4.78 is 21.8. The van der Waals surface area contributed by atoms with Crippen molar-refractivity contribution in [2.45, 2.75) is 53.1 Å². The lowest BCUT2D eigenvalue weighted by Crippen LogP contribution is -2.37. The fourth-order valence-electron chi connectivity index (χ4n) is 4.08. The van der Waals surface area contributed by atoms with Crippen LogP contribution in [0.1, 0.15) is 39.3 Å². The third kappa shape index (κ3) is 3.79. The van der Waals surface area contributed by atoms with E-state index in [1.165, 1.54) is 0 Å². The van der Waals surface area contributed by atoms with Crippen molar-refractivity contribution in [1.29, 1.82) is 0 Å². The summed E-state index contributed by atoms with van der Waals surface area (Å²) in [5, 5.41) is 1.96. The van der Waals surface area contributed by atoms with Crippen molar-refractivity contribution in [3.05, 3.63) is 35.9 Å². The highest BCUT2D eigenvalue weighted by molar-refractivity contribution is 6.09. The molecule has 0 aliphatic carbocycles. The van der Waals surface area contributed by atoms with Crippen LogP contribution in [0.2, 0.25) is 0 Å². The lowest BCUT2D eigenvalue weighted by molar-refractivity contribution is 0.194. The van der Waals surface area contributed by atoms with Crippen molar-refractivity contribution in [2.75, 3.05) is 20.2 Å². The number of ether oxygens (including phenoxy) is 1. The number of benzene rings is 1. The van der Waals surface area contributed by atoms with Crippen molar-refractivity contribution in [2.24, 2.45) is 0 Å². The maximum atomic E-state index is 14.0. The number of hydrogen-bond acceptors (Lipinski definition) is 3. The second kappa shape index (κ2) is 8.26. The van der Waals surface area contributed by atoms with Crippen LogP contribution in [0.4, 0.5) is 4.39 Å². The van der Waals surface area contributed by atoms with Crippen molar-refractivity contribution in [3.63, 3.8) is 0 Å². The predicted molar refractivity (Wildman–Crippen MR) is 110 cm³/mol. The molecule has 146 valence electrons. The zero-order valence-electron chi connectivity index (χ0n) is 17.1. The molecule has 1 aromatic carbocycles. The summed E-state index contributed by atoms with van der Waals surface area (Å²) in [5.74, 6) is 0.380. The molecule has 27 heavy (non-hydrogen) atoms. The van der Waals surface area contributed by atoms with Gasteiger partial charge in [-0.1, -0.05) is 13.8 Å². The largest absolute Gasteiger partial charge is 0.497 e. The van der Waals surface area contributed by atoms with Gasteiger partial charge in [0.2, 0.25) is 5.95 Å². The highest BCUT2D eigenvalue weighted by Crippen LogP contribution is 2.33. The van der Waals surface area contributed by atoms with E-state index in [-0.39, 0.29) is 0 Å². The molecule has 0 spiro atoms. The number of methoxy groups -OCH3 is 1. The van der Waals surface area contributed by atoms with Crippen molar-refractivity contribution in [1.82, 2.24) is 14.5 Å². The topological polar surface area (TPSA) is 30.3 Å². The number of aryl methyl sites for hydroxylation is 1. The standard InChI is InChI=1S/C22H30FN3O/c1-6-10-25(11-7-2)15(3)14-26-20-12-17(27-5)8-9-18(20)19-13-21(23)24-16(4)22(19)26/h8-9,12-13,15H,6-7,10-11,14H2,1-5H3. The van der Waals surface area contributed by atoms with E-state index in [1.807, 2.05) is 25.1 Å². The second-order valence-electron chi connectivity index (χ2n) is 7.31. The van der Waals surface area contributed by atoms with Gasteiger partial charge in [0, 0.05) is 35.5 Å². The fourth-order valence-corrected chi connectivity index (χ4v) is 4.08. The van der Waals surface area contributed by atoms with Crippen molar-refractivity contribution >= 4 is 21.8 Å². The smallest absolute Gasteiger partial charge is 0.213 e. The van der Waals surface area contributed by atoms with Crippen LogP contribution in [0.5, 0.6) is 5.75 Å². The minimum absolute atomic E-state index is 0.374. The molecule has 1 unspecified atom stereocenters. The number of fused-ring (bicyclic) bond motifs is 3. The van der Waals surface area contributed by atoms with Crippen LogP contribution < -0.4 is 4.74 Å². The third-order valence-corrected chi connectivity index (χ3v) is 5.28. The highest BCUT2D eigenvalue weighted by Gasteiger charge is 2.19. The maximum absolute atomic E-state index is 14.0. The van der Waals surface area contributed by atoms with Gasteiger partial charge in [-0.3, -0.25) is 4.90 Å². The van der Waals surface area contributed by atoms with E-state index in [4.69, 9.17) is 4.74 Å². The molecule has 0 aliphatic heterocycles. The van der Waals surface area contributed by atoms with Crippen LogP contribution in [0, 0.1) is 12.9 Å². The summed E-state index contributed by atoms with van der Waals surface area (Å²) in [5.41, 5.74) is 2.81. The van der Waals surface area contributed by atoms with Crippen LogP contribution >= 0.6 is 0 Å². The Kier molecular flexibility index (Phi) is 6.00. The Labute approximate surface area is 160 Å². The van der Waals surface area contributed by atoms with Gasteiger partial charge in [-0.15, -0.1) is 0 Å². The van der Waals surface area contributed by atoms with E-state index in [9.17, 15) is 4.39 Å². The highest BCUT2D eigenvalue weighted by atomic mass is 19.1. The summed E-state index contributed by atoms with van der Waals surface area (Å²) in [6.07, 6.45) is 2.27. The van der Waals surface area contributed by atoms with Gasteiger partial charge in [0.1, 0.15) is 5.75 Å². The fraction of sp³-hybridized carbons (Fsp3) is 0.500. The molecule has 4 nitrogen and oxygen atoms in total. The Hall–Kier alpha value is -2.14. The number of aromatic nitrogens is 2. The van der Waals surface area contributed by atoms with Gasteiger partial charge in [0.15, 0.2) is 0 Å². The first-order valence-corrected chi connectivity index (χ1v) is 9.87. The second-order valence-corrected chi connectivity index (χ2v) is 7.31. The minimum atomic E-state index is -0.429. The predicted octanol–water partition coefficient (Wildman–Crippen LogP) is 5.16. The summed E-state index contributed by atoms with van der Waals surface area (Å²) in [4.78, 5) is 6.62. The molecule has 0 aliphatic rings. The average Bonchev–Trinajstić information content (AvgIpc) is 2.94. The summed E-state index contributed by atoms with van der Waals surface area (Å²) >= 11 is 0. The Bertz CT molecular complexity index is 928. The zero-order valence-corrected chi connectivity index (χ0v) is 17.1. The molecule has 0 amide bonds. The molecular formula is C22H30FN3O. The molecule has 0 N–H and O–H groups in total. The number of rotatable bonds is 8. The molecule has 5 heteroatoms. The van der Waals surface area contributed by atoms with E-state index in [0.717, 1.165) is 65.7 Å². The minimum Gasteiger partial charge on any atom is -0.497 e. The van der Waals surface area contributed by atoms with Gasteiger partial charge in [0.05, 0.1) is 23.8 Å². The first kappa shape index (κ1) is 19.6. The van der Waals surface area contributed by atoms with Crippen LogP contribution in [0.3, 0.4) is 0 Å². The Morgan fingerprint density at radius 3 is 2.48 bits per heavy atom. The molecule has 0 fully saturated rings. The van der Waals surface area contributed by atoms with Crippen molar-refractivity contribution < 1.29 is 9.13 Å². The number of pyridine rings is 1. The summed E-state index contributed by atoms with van der Waals surface area (Å²) in [6.45, 7) is 11.6. The van der Waals surface area contributed by atoms with E-state index >= 15 is 0 Å². The monoisotopic (exact) mass is 371 g/mol. The summed E-state index contributed by atoms with van der Waals surface area (Å²) in [6, 6.07) is 7.92. The SMILES string of the molecule is CCCN(CCC)C(C)Cn1c2cc(OC)ccc2c2cc(F)nc(C)c21. The van der Waals surface area contributed by atoms with Crippen LogP contribution in [-0.2, 0) is 6.54 Å². The van der Waals surface area contributed by atoms with Gasteiger partial charge >= 0.3 is 0 Å². The molecule has 0 bridgehead atoms. The van der Waals surface area contributed by atoms with Crippen LogP contribution in [-0.4, -0.2) is 40.7 Å². The quantitative estimate of drug-likeness (QED) is 0.513.